The van der Waals surface area contributed by atoms with Gasteiger partial charge >= 0.3 is 0 Å². The minimum atomic E-state index is -2.02. The molecule has 0 aromatic carbocycles. The average Bonchev–Trinajstić information content (AvgIpc) is 2.36. The van der Waals surface area contributed by atoms with Gasteiger partial charge < -0.3 is 13.8 Å². The Bertz CT molecular complexity index is 379. The van der Waals surface area contributed by atoms with Gasteiger partial charge in [0.25, 0.3) is 14.3 Å². The fourth-order valence-electron chi connectivity index (χ4n) is 2.02. The van der Waals surface area contributed by atoms with Crippen molar-refractivity contribution in [1.82, 2.24) is 4.90 Å². The third-order valence-corrected chi connectivity index (χ3v) is 12.0. The van der Waals surface area contributed by atoms with Crippen molar-refractivity contribution in [3.8, 4) is 0 Å². The maximum absolute atomic E-state index is 12.4. The highest BCUT2D eigenvalue weighted by atomic mass is 28.4. The second-order valence-electron chi connectivity index (χ2n) is 8.91. The maximum Gasteiger partial charge on any atom is 0.296 e. The van der Waals surface area contributed by atoms with Crippen LogP contribution in [0.4, 0.5) is 0 Å². The summed E-state index contributed by atoms with van der Waals surface area (Å²) < 4.78 is 11.5. The molecule has 0 rings (SSSR count). The van der Waals surface area contributed by atoms with E-state index in [1.54, 1.807) is 0 Å². The van der Waals surface area contributed by atoms with Gasteiger partial charge in [0.2, 0.25) is 0 Å². The van der Waals surface area contributed by atoms with Crippen molar-refractivity contribution in [1.29, 1.82) is 0 Å². The van der Waals surface area contributed by atoms with E-state index in [4.69, 9.17) is 8.85 Å². The first kappa shape index (κ1) is 22.8. The quantitative estimate of drug-likeness (QED) is 0.573. The summed E-state index contributed by atoms with van der Waals surface area (Å²) in [5.41, 5.74) is 0. The minimum Gasteiger partial charge on any atom is -0.519 e. The van der Waals surface area contributed by atoms with E-state index in [2.05, 4.69) is 58.9 Å². The second kappa shape index (κ2) is 8.78. The fourth-order valence-corrected chi connectivity index (χ4v) is 4.24. The van der Waals surface area contributed by atoms with E-state index in [9.17, 15) is 4.79 Å². The van der Waals surface area contributed by atoms with Crippen LogP contribution in [0.25, 0.3) is 0 Å². The summed E-state index contributed by atoms with van der Waals surface area (Å²) in [7, 11) is 0.408. The third-order valence-electron chi connectivity index (χ3n) is 5.02. The normalized spacial score (nSPS) is 14.9. The number of hydrogen-bond acceptors (Lipinski definition) is 4. The smallest absolute Gasteiger partial charge is 0.296 e. The Morgan fingerprint density at radius 1 is 1.17 bits per heavy atom. The lowest BCUT2D eigenvalue weighted by molar-refractivity contribution is -0.140. The molecule has 0 aliphatic heterocycles. The SMILES string of the molecule is CO[Si](C)(C)CCCN(C)CC(C)C(=O)O[Si](C)(C)C(C)(C)C. The molecule has 0 spiro atoms. The van der Waals surface area contributed by atoms with Crippen LogP contribution in [-0.2, 0) is 13.6 Å². The van der Waals surface area contributed by atoms with Crippen LogP contribution >= 0.6 is 0 Å². The number of carbonyl (C=O) groups is 1. The van der Waals surface area contributed by atoms with E-state index in [1.807, 2.05) is 14.0 Å². The Morgan fingerprint density at radius 3 is 2.13 bits per heavy atom. The molecule has 0 aliphatic rings. The molecule has 0 bridgehead atoms. The van der Waals surface area contributed by atoms with E-state index in [1.165, 1.54) is 0 Å². The molecule has 0 radical (unpaired) electrons. The van der Waals surface area contributed by atoms with Gasteiger partial charge in [-0.05, 0) is 57.3 Å². The summed E-state index contributed by atoms with van der Waals surface area (Å²) >= 11 is 0. The molecule has 23 heavy (non-hydrogen) atoms. The zero-order valence-electron chi connectivity index (χ0n) is 17.1. The first-order valence-corrected chi connectivity index (χ1v) is 14.7. The zero-order chi connectivity index (χ0) is 18.5. The highest BCUT2D eigenvalue weighted by Gasteiger charge is 2.41. The highest BCUT2D eigenvalue weighted by Crippen LogP contribution is 2.37. The topological polar surface area (TPSA) is 38.8 Å². The molecule has 1 unspecified atom stereocenters. The van der Waals surface area contributed by atoms with Gasteiger partial charge in [0, 0.05) is 13.7 Å². The molecule has 138 valence electrons. The average molecular weight is 362 g/mol. The zero-order valence-corrected chi connectivity index (χ0v) is 19.1. The first-order chi connectivity index (χ1) is 10.2. The van der Waals surface area contributed by atoms with Crippen molar-refractivity contribution in [2.75, 3.05) is 27.2 Å². The molecule has 0 aromatic heterocycles. The molecule has 1 atom stereocenters. The van der Waals surface area contributed by atoms with E-state index >= 15 is 0 Å². The largest absolute Gasteiger partial charge is 0.519 e. The van der Waals surface area contributed by atoms with Gasteiger partial charge in [-0.3, -0.25) is 4.79 Å². The molecule has 0 fully saturated rings. The third kappa shape index (κ3) is 8.47. The van der Waals surface area contributed by atoms with Crippen molar-refractivity contribution in [3.05, 3.63) is 0 Å². The molecule has 6 heteroatoms. The Morgan fingerprint density at radius 2 is 1.70 bits per heavy atom. The highest BCUT2D eigenvalue weighted by molar-refractivity contribution is 6.75. The number of rotatable bonds is 9. The van der Waals surface area contributed by atoms with Crippen LogP contribution in [0.2, 0.25) is 37.3 Å². The first-order valence-electron chi connectivity index (χ1n) is 8.68. The molecule has 0 saturated heterocycles. The Balaban J connectivity index is 4.32. The predicted octanol–water partition coefficient (Wildman–Crippen LogP) is 4.34. The van der Waals surface area contributed by atoms with Crippen LogP contribution in [0.15, 0.2) is 0 Å². The van der Waals surface area contributed by atoms with Gasteiger partial charge in [-0.1, -0.05) is 27.7 Å². The lowest BCUT2D eigenvalue weighted by Gasteiger charge is -2.36. The molecular formula is C17H39NO3Si2. The van der Waals surface area contributed by atoms with Crippen molar-refractivity contribution >= 4 is 22.6 Å². The summed E-state index contributed by atoms with van der Waals surface area (Å²) in [5.74, 6) is -0.128. The van der Waals surface area contributed by atoms with Gasteiger partial charge in [0.05, 0.1) is 5.92 Å². The van der Waals surface area contributed by atoms with E-state index < -0.39 is 16.6 Å². The van der Waals surface area contributed by atoms with E-state index in [0.717, 1.165) is 25.6 Å². The van der Waals surface area contributed by atoms with E-state index in [0.29, 0.717) is 0 Å². The molecule has 0 N–H and O–H groups in total. The molecule has 4 nitrogen and oxygen atoms in total. The monoisotopic (exact) mass is 361 g/mol. The second-order valence-corrected chi connectivity index (χ2v) is 18.1. The number of hydrogen-bond donors (Lipinski definition) is 0. The van der Waals surface area contributed by atoms with Crippen LogP contribution in [-0.4, -0.2) is 54.8 Å². The lowest BCUT2D eigenvalue weighted by atomic mass is 10.2. The summed E-state index contributed by atoms with van der Waals surface area (Å²) in [4.78, 5) is 14.6. The maximum atomic E-state index is 12.4. The Labute approximate surface area is 146 Å². The van der Waals surface area contributed by atoms with Crippen LogP contribution < -0.4 is 0 Å². The van der Waals surface area contributed by atoms with Crippen molar-refractivity contribution in [2.45, 2.75) is 71.4 Å². The number of nitrogens with zero attached hydrogens (tertiary/aromatic N) is 1. The molecular weight excluding hydrogens is 322 g/mol. The van der Waals surface area contributed by atoms with Gasteiger partial charge in [-0.2, -0.15) is 0 Å². The Hall–Kier alpha value is -0.176. The van der Waals surface area contributed by atoms with Gasteiger partial charge in [-0.25, -0.2) is 0 Å². The molecule has 0 aliphatic carbocycles. The van der Waals surface area contributed by atoms with Crippen LogP contribution in [0.1, 0.15) is 34.1 Å². The Kier molecular flexibility index (Phi) is 8.72. The van der Waals surface area contributed by atoms with Gasteiger partial charge in [-0.15, -0.1) is 0 Å². The molecule has 0 heterocycles. The van der Waals surface area contributed by atoms with Crippen LogP contribution in [0.5, 0.6) is 0 Å². The summed E-state index contributed by atoms with van der Waals surface area (Å²) in [6.07, 6.45) is 1.12. The predicted molar refractivity (Wildman–Crippen MR) is 104 cm³/mol. The van der Waals surface area contributed by atoms with Crippen molar-refractivity contribution in [3.63, 3.8) is 0 Å². The summed E-state index contributed by atoms with van der Waals surface area (Å²) in [5, 5.41) is 0.0602. The fraction of sp³-hybridized carbons (Fsp3) is 0.941. The molecule has 0 amide bonds. The lowest BCUT2D eigenvalue weighted by Crippen LogP contribution is -2.45. The van der Waals surface area contributed by atoms with Crippen molar-refractivity contribution in [2.24, 2.45) is 5.92 Å². The molecule has 0 aromatic rings. The van der Waals surface area contributed by atoms with Gasteiger partial charge in [0.15, 0.2) is 8.32 Å². The number of carbonyl (C=O) groups excluding carboxylic acids is 1. The van der Waals surface area contributed by atoms with Crippen LogP contribution in [0, 0.1) is 5.92 Å². The molecule has 0 saturated carbocycles. The summed E-state index contributed by atoms with van der Waals surface area (Å²) in [6.45, 7) is 18.9. The standard InChI is InChI=1S/C17H39NO3Si2/c1-15(16(19)21-23(9,10)17(2,3)4)14-18(5)12-11-13-22(7,8)20-6/h15H,11-14H2,1-10H3. The van der Waals surface area contributed by atoms with E-state index in [-0.39, 0.29) is 16.9 Å². The minimum absolute atomic E-state index is 0.0463. The van der Waals surface area contributed by atoms with Crippen LogP contribution in [0.3, 0.4) is 0 Å². The van der Waals surface area contributed by atoms with Crippen molar-refractivity contribution < 1.29 is 13.6 Å². The van der Waals surface area contributed by atoms with Gasteiger partial charge in [0.1, 0.15) is 0 Å². The summed E-state index contributed by atoms with van der Waals surface area (Å²) in [6, 6.07) is 1.15.